The third-order valence-electron chi connectivity index (χ3n) is 4.17. The summed E-state index contributed by atoms with van der Waals surface area (Å²) >= 11 is 0.747. The molecule has 0 aliphatic heterocycles. The molecule has 13 heteroatoms. The number of nitrogens with two attached hydrogens (primary N) is 4. The topological polar surface area (TPSA) is 203 Å². The molecule has 11 N–H and O–H groups in total. The zero-order chi connectivity index (χ0) is 21.0. The minimum absolute atomic E-state index is 0.0251. The van der Waals surface area contributed by atoms with Crippen LogP contribution in [0, 0.1) is 0 Å². The fraction of sp³-hybridized carbons (Fsp3) is 0.125. The van der Waals surface area contributed by atoms with E-state index in [1.165, 1.54) is 6.07 Å². The van der Waals surface area contributed by atoms with Crippen molar-refractivity contribution >= 4 is 38.7 Å². The van der Waals surface area contributed by atoms with Crippen molar-refractivity contribution in [1.82, 2.24) is 20.5 Å². The molecule has 1 heterocycles. The van der Waals surface area contributed by atoms with E-state index in [0.717, 1.165) is 28.4 Å². The third-order valence-corrected chi connectivity index (χ3v) is 6.47. The average molecular weight is 436 g/mol. The number of hydrazine groups is 1. The van der Waals surface area contributed by atoms with Crippen LogP contribution in [0.2, 0.25) is 0 Å². The second kappa shape index (κ2) is 8.77. The van der Waals surface area contributed by atoms with Crippen LogP contribution in [0.3, 0.4) is 0 Å². The van der Waals surface area contributed by atoms with Crippen LogP contribution < -0.4 is 32.7 Å². The number of para-hydroxylation sites is 1. The minimum Gasteiger partial charge on any atom is -0.382 e. The second-order valence-electron chi connectivity index (χ2n) is 5.89. The lowest BCUT2D eigenvalue weighted by atomic mass is 9.97. The molecule has 0 saturated heterocycles. The van der Waals surface area contributed by atoms with E-state index in [0.29, 0.717) is 11.1 Å². The van der Waals surface area contributed by atoms with Gasteiger partial charge in [-0.15, -0.1) is 5.10 Å². The van der Waals surface area contributed by atoms with Crippen LogP contribution in [0.1, 0.15) is 5.56 Å². The van der Waals surface area contributed by atoms with E-state index >= 15 is 0 Å². The van der Waals surface area contributed by atoms with Gasteiger partial charge in [-0.25, -0.2) is 24.5 Å². The predicted octanol–water partition coefficient (Wildman–Crippen LogP) is -0.484. The molecule has 1 aromatic heterocycles. The number of aromatic amines is 1. The van der Waals surface area contributed by atoms with Crippen molar-refractivity contribution in [2.24, 2.45) is 27.6 Å². The van der Waals surface area contributed by atoms with Gasteiger partial charge < -0.3 is 11.5 Å². The van der Waals surface area contributed by atoms with Gasteiger partial charge in [0.15, 0.2) is 5.84 Å². The van der Waals surface area contributed by atoms with Crippen LogP contribution in [0.25, 0.3) is 22.0 Å². The standard InChI is InChI=1S/C16H21N9O2S2/c17-6-7-22-29(26,27)12-5-4-10(13(15(12)28-20)16(18)24-25-19)11-3-1-2-9-8-21-23-14(9)11/h1-5,8,22,25H,6-7,17,19-20H2,(H2,18,24)(H,21,23). The van der Waals surface area contributed by atoms with Crippen molar-refractivity contribution in [3.63, 3.8) is 0 Å². The fourth-order valence-electron chi connectivity index (χ4n) is 2.96. The molecule has 3 rings (SSSR count). The highest BCUT2D eigenvalue weighted by Crippen LogP contribution is 2.37. The largest absolute Gasteiger partial charge is 0.382 e. The molecule has 0 bridgehead atoms. The van der Waals surface area contributed by atoms with Crippen molar-refractivity contribution in [2.75, 3.05) is 13.1 Å². The normalized spacial score (nSPS) is 12.4. The molecule has 0 saturated carbocycles. The predicted molar refractivity (Wildman–Crippen MR) is 114 cm³/mol. The Morgan fingerprint density at radius 2 is 2.03 bits per heavy atom. The Hall–Kier alpha value is -2.68. The maximum atomic E-state index is 12.7. The molecule has 154 valence electrons. The van der Waals surface area contributed by atoms with Crippen LogP contribution >= 0.6 is 11.9 Å². The van der Waals surface area contributed by atoms with Crippen molar-refractivity contribution in [1.29, 1.82) is 0 Å². The van der Waals surface area contributed by atoms with Gasteiger partial charge in [0.2, 0.25) is 10.0 Å². The Balaban J connectivity index is 2.33. The first-order valence-electron chi connectivity index (χ1n) is 8.39. The van der Waals surface area contributed by atoms with Crippen molar-refractivity contribution in [3.8, 4) is 11.1 Å². The van der Waals surface area contributed by atoms with Gasteiger partial charge in [-0.2, -0.15) is 5.10 Å². The fourth-order valence-corrected chi connectivity index (χ4v) is 5.09. The van der Waals surface area contributed by atoms with Crippen LogP contribution in [0.15, 0.2) is 51.4 Å². The number of amidine groups is 1. The van der Waals surface area contributed by atoms with E-state index in [4.69, 9.17) is 22.4 Å². The molecule has 0 aliphatic rings. The number of aromatic nitrogens is 2. The lowest BCUT2D eigenvalue weighted by molar-refractivity contribution is 0.580. The molecular weight excluding hydrogens is 414 g/mol. The van der Waals surface area contributed by atoms with Gasteiger partial charge in [0.25, 0.3) is 0 Å². The van der Waals surface area contributed by atoms with E-state index < -0.39 is 10.0 Å². The van der Waals surface area contributed by atoms with Crippen LogP contribution in [-0.2, 0) is 10.0 Å². The first-order valence-corrected chi connectivity index (χ1v) is 10.8. The molecule has 0 amide bonds. The Bertz CT molecular complexity index is 1160. The molecule has 11 nitrogen and oxygen atoms in total. The quantitative estimate of drug-likeness (QED) is 0.0801. The number of nitrogens with zero attached hydrogens (tertiary/aromatic N) is 2. The highest BCUT2D eigenvalue weighted by molar-refractivity contribution is 7.98. The number of fused-ring (bicyclic) bond motifs is 1. The first-order chi connectivity index (χ1) is 13.9. The van der Waals surface area contributed by atoms with E-state index in [1.807, 2.05) is 18.2 Å². The SMILES string of the molecule is NCCNS(=O)(=O)c1ccc(-c2cccc3cn[nH]c23)c(/C(N)=N/NN)c1SN. The molecule has 0 atom stereocenters. The van der Waals surface area contributed by atoms with Crippen LogP contribution in [0.5, 0.6) is 0 Å². The summed E-state index contributed by atoms with van der Waals surface area (Å²) in [6, 6.07) is 8.71. The average Bonchev–Trinajstić information content (AvgIpc) is 3.20. The number of H-pyrrole nitrogens is 1. The number of hydrogen-bond acceptors (Lipinski definition) is 9. The molecule has 0 radical (unpaired) electrons. The third kappa shape index (κ3) is 4.05. The zero-order valence-electron chi connectivity index (χ0n) is 15.2. The van der Waals surface area contributed by atoms with Crippen LogP contribution in [-0.4, -0.2) is 37.5 Å². The van der Waals surface area contributed by atoms with Gasteiger partial charge in [0.05, 0.1) is 21.5 Å². The summed E-state index contributed by atoms with van der Waals surface area (Å²) in [5.74, 6) is 5.27. The van der Waals surface area contributed by atoms with E-state index in [-0.39, 0.29) is 28.7 Å². The molecule has 2 aromatic carbocycles. The Morgan fingerprint density at radius 1 is 1.24 bits per heavy atom. The summed E-state index contributed by atoms with van der Waals surface area (Å²) in [6.07, 6.45) is 1.69. The highest BCUT2D eigenvalue weighted by Gasteiger charge is 2.25. The smallest absolute Gasteiger partial charge is 0.241 e. The number of benzene rings is 2. The van der Waals surface area contributed by atoms with Gasteiger partial charge in [0, 0.05) is 29.6 Å². The number of hydrogen-bond donors (Lipinski definition) is 7. The van der Waals surface area contributed by atoms with Crippen molar-refractivity contribution in [2.45, 2.75) is 9.79 Å². The van der Waals surface area contributed by atoms with Gasteiger partial charge >= 0.3 is 0 Å². The summed E-state index contributed by atoms with van der Waals surface area (Å²) in [4.78, 5) is 0.184. The lowest BCUT2D eigenvalue weighted by Crippen LogP contribution is -2.30. The Morgan fingerprint density at radius 3 is 2.72 bits per heavy atom. The van der Waals surface area contributed by atoms with Gasteiger partial charge in [-0.3, -0.25) is 10.2 Å². The molecule has 0 fully saturated rings. The Labute approximate surface area is 171 Å². The molecule has 29 heavy (non-hydrogen) atoms. The summed E-state index contributed by atoms with van der Waals surface area (Å²) < 4.78 is 27.9. The first kappa shape index (κ1) is 21.0. The minimum atomic E-state index is -3.88. The number of rotatable bonds is 8. The molecule has 0 spiro atoms. The molecule has 0 aliphatic carbocycles. The highest BCUT2D eigenvalue weighted by atomic mass is 32.2. The molecule has 3 aromatic rings. The summed E-state index contributed by atoms with van der Waals surface area (Å²) in [5, 5.41) is 17.6. The summed E-state index contributed by atoms with van der Waals surface area (Å²) in [7, 11) is -3.88. The molecule has 0 unspecified atom stereocenters. The summed E-state index contributed by atoms with van der Waals surface area (Å²) in [6.45, 7) is 0.229. The maximum absolute atomic E-state index is 12.7. The van der Waals surface area contributed by atoms with Crippen LogP contribution in [0.4, 0.5) is 0 Å². The van der Waals surface area contributed by atoms with Gasteiger partial charge in [-0.1, -0.05) is 24.3 Å². The summed E-state index contributed by atoms with van der Waals surface area (Å²) in [5.41, 5.74) is 16.1. The zero-order valence-corrected chi connectivity index (χ0v) is 16.8. The lowest BCUT2D eigenvalue weighted by Gasteiger charge is -2.18. The Kier molecular flexibility index (Phi) is 6.36. The molecular formula is C16H21N9O2S2. The second-order valence-corrected chi connectivity index (χ2v) is 8.26. The number of hydrazone groups is 1. The van der Waals surface area contributed by atoms with E-state index in [2.05, 4.69) is 25.6 Å². The number of sulfonamides is 1. The van der Waals surface area contributed by atoms with Crippen molar-refractivity contribution < 1.29 is 8.42 Å². The monoisotopic (exact) mass is 435 g/mol. The van der Waals surface area contributed by atoms with Gasteiger partial charge in [-0.05, 0) is 23.6 Å². The van der Waals surface area contributed by atoms with Crippen molar-refractivity contribution in [3.05, 3.63) is 42.1 Å². The van der Waals surface area contributed by atoms with Gasteiger partial charge in [0.1, 0.15) is 0 Å². The van der Waals surface area contributed by atoms with E-state index in [1.54, 1.807) is 12.3 Å². The van der Waals surface area contributed by atoms with E-state index in [9.17, 15) is 8.42 Å². The number of nitrogens with one attached hydrogen (secondary N) is 3. The maximum Gasteiger partial charge on any atom is 0.241 e.